The van der Waals surface area contributed by atoms with Crippen LogP contribution < -0.4 is 0 Å². The molecule has 0 unspecified atom stereocenters. The largest absolute Gasteiger partial charge is 0.478 e. The number of rotatable bonds is 3. The summed E-state index contributed by atoms with van der Waals surface area (Å²) in [5, 5.41) is 17.6. The first kappa shape index (κ1) is 13.6. The van der Waals surface area contributed by atoms with E-state index in [0.29, 0.717) is 0 Å². The lowest BCUT2D eigenvalue weighted by molar-refractivity contribution is 0.0648. The molecule has 7 nitrogen and oxygen atoms in total. The van der Waals surface area contributed by atoms with Gasteiger partial charge in [-0.05, 0) is 28.1 Å². The zero-order valence-corrected chi connectivity index (χ0v) is 10.3. The molecular formula is C8H5BrO7S. The van der Waals surface area contributed by atoms with E-state index >= 15 is 0 Å². The molecule has 3 N–H and O–H groups in total. The summed E-state index contributed by atoms with van der Waals surface area (Å²) in [6.07, 6.45) is 0. The van der Waals surface area contributed by atoms with Crippen LogP contribution in [0.5, 0.6) is 0 Å². The second kappa shape index (κ2) is 4.43. The van der Waals surface area contributed by atoms with Crippen LogP contribution in [0.3, 0.4) is 0 Å². The van der Waals surface area contributed by atoms with Gasteiger partial charge in [0.2, 0.25) is 0 Å². The number of hydrogen-bond acceptors (Lipinski definition) is 4. The third kappa shape index (κ3) is 2.62. The van der Waals surface area contributed by atoms with E-state index in [2.05, 4.69) is 15.9 Å². The molecular weight excluding hydrogens is 320 g/mol. The Bertz CT molecular complexity index is 605. The Morgan fingerprint density at radius 3 is 2.00 bits per heavy atom. The van der Waals surface area contributed by atoms with Gasteiger partial charge in [-0.2, -0.15) is 8.42 Å². The fourth-order valence-electron chi connectivity index (χ4n) is 1.20. The van der Waals surface area contributed by atoms with Crippen LogP contribution in [0.15, 0.2) is 21.5 Å². The summed E-state index contributed by atoms with van der Waals surface area (Å²) in [6.45, 7) is 0. The van der Waals surface area contributed by atoms with E-state index in [9.17, 15) is 18.0 Å². The third-order valence-electron chi connectivity index (χ3n) is 1.81. The van der Waals surface area contributed by atoms with Crippen LogP contribution in [0.4, 0.5) is 0 Å². The van der Waals surface area contributed by atoms with Crippen molar-refractivity contribution in [3.63, 3.8) is 0 Å². The molecule has 0 amide bonds. The number of aromatic carboxylic acids is 2. The van der Waals surface area contributed by atoms with Crippen molar-refractivity contribution >= 4 is 38.0 Å². The molecule has 0 radical (unpaired) electrons. The van der Waals surface area contributed by atoms with Gasteiger partial charge in [-0.1, -0.05) is 0 Å². The molecule has 0 aliphatic carbocycles. The molecule has 0 aliphatic heterocycles. The second-order valence-corrected chi connectivity index (χ2v) is 5.10. The minimum Gasteiger partial charge on any atom is -0.478 e. The summed E-state index contributed by atoms with van der Waals surface area (Å²) in [7, 11) is -4.86. The first-order chi connectivity index (χ1) is 7.66. The van der Waals surface area contributed by atoms with Crippen molar-refractivity contribution in [2.45, 2.75) is 4.90 Å². The normalized spacial score (nSPS) is 11.2. The van der Waals surface area contributed by atoms with E-state index < -0.39 is 38.1 Å². The molecule has 0 heterocycles. The number of carbonyl (C=O) groups is 2. The van der Waals surface area contributed by atoms with Crippen LogP contribution in [0.1, 0.15) is 20.7 Å². The summed E-state index contributed by atoms with van der Waals surface area (Å²) in [6, 6.07) is 1.95. The van der Waals surface area contributed by atoms with Gasteiger partial charge in [0, 0.05) is 4.47 Å². The molecule has 1 rings (SSSR count). The summed E-state index contributed by atoms with van der Waals surface area (Å²) in [5.74, 6) is -3.38. The van der Waals surface area contributed by atoms with Crippen molar-refractivity contribution < 1.29 is 32.8 Å². The van der Waals surface area contributed by atoms with Crippen LogP contribution in [0.25, 0.3) is 0 Å². The van der Waals surface area contributed by atoms with Gasteiger partial charge in [0.25, 0.3) is 10.1 Å². The Labute approximate surface area is 104 Å². The van der Waals surface area contributed by atoms with Gasteiger partial charge in [-0.25, -0.2) is 9.59 Å². The Kier molecular flexibility index (Phi) is 3.55. The Balaban J connectivity index is 3.86. The summed E-state index contributed by atoms with van der Waals surface area (Å²) >= 11 is 2.74. The Hall–Kier alpha value is -1.45. The van der Waals surface area contributed by atoms with E-state index in [4.69, 9.17) is 14.8 Å². The van der Waals surface area contributed by atoms with Gasteiger partial charge in [0.15, 0.2) is 0 Å². The zero-order chi connectivity index (χ0) is 13.4. The highest BCUT2D eigenvalue weighted by atomic mass is 79.9. The van der Waals surface area contributed by atoms with Crippen LogP contribution in [-0.4, -0.2) is 35.1 Å². The molecule has 0 fully saturated rings. The quantitative estimate of drug-likeness (QED) is 0.709. The molecule has 0 saturated heterocycles. The maximum Gasteiger partial charge on any atom is 0.338 e. The molecule has 1 aromatic rings. The minimum absolute atomic E-state index is 0.234. The highest BCUT2D eigenvalue weighted by Gasteiger charge is 2.29. The molecule has 1 aromatic carbocycles. The van der Waals surface area contributed by atoms with Gasteiger partial charge < -0.3 is 10.2 Å². The average molecular weight is 325 g/mol. The molecule has 0 atom stereocenters. The van der Waals surface area contributed by atoms with E-state index in [1.165, 1.54) is 0 Å². The average Bonchev–Trinajstić information content (AvgIpc) is 2.14. The second-order valence-electron chi connectivity index (χ2n) is 2.88. The lowest BCUT2D eigenvalue weighted by atomic mass is 10.1. The molecule has 0 aromatic heterocycles. The number of halogens is 1. The van der Waals surface area contributed by atoms with Crippen molar-refractivity contribution in [2.24, 2.45) is 0 Å². The lowest BCUT2D eigenvalue weighted by Crippen LogP contribution is -2.15. The van der Waals surface area contributed by atoms with Crippen molar-refractivity contribution in [1.29, 1.82) is 0 Å². The Morgan fingerprint density at radius 1 is 1.12 bits per heavy atom. The van der Waals surface area contributed by atoms with Gasteiger partial charge in [0.05, 0.1) is 11.1 Å². The maximum atomic E-state index is 11.0. The number of carboxylic acids is 2. The number of carboxylic acid groups (broad SMARTS) is 2. The van der Waals surface area contributed by atoms with E-state index in [1.54, 1.807) is 0 Å². The summed E-state index contributed by atoms with van der Waals surface area (Å²) in [5.41, 5.74) is -1.72. The molecule has 0 aliphatic rings. The maximum absolute atomic E-state index is 11.0. The topological polar surface area (TPSA) is 129 Å². The van der Waals surface area contributed by atoms with Gasteiger partial charge in [-0.15, -0.1) is 0 Å². The molecule has 92 valence electrons. The SMILES string of the molecule is O=C(O)c1ccc(Br)c(S(=O)(=O)O)c1C(=O)O. The van der Waals surface area contributed by atoms with Crippen molar-refractivity contribution in [2.75, 3.05) is 0 Å². The summed E-state index contributed by atoms with van der Waals surface area (Å²) < 4.78 is 30.7. The molecule has 17 heavy (non-hydrogen) atoms. The van der Waals surface area contributed by atoms with E-state index in [0.717, 1.165) is 12.1 Å². The first-order valence-corrected chi connectivity index (χ1v) is 6.16. The monoisotopic (exact) mass is 324 g/mol. The van der Waals surface area contributed by atoms with Crippen LogP contribution >= 0.6 is 15.9 Å². The first-order valence-electron chi connectivity index (χ1n) is 3.93. The number of hydrogen-bond donors (Lipinski definition) is 3. The van der Waals surface area contributed by atoms with E-state index in [-0.39, 0.29) is 4.47 Å². The van der Waals surface area contributed by atoms with Gasteiger partial charge in [0.1, 0.15) is 4.90 Å². The molecule has 0 spiro atoms. The lowest BCUT2D eigenvalue weighted by Gasteiger charge is -2.08. The fraction of sp³-hybridized carbons (Fsp3) is 0. The van der Waals surface area contributed by atoms with Crippen molar-refractivity contribution in [3.05, 3.63) is 27.7 Å². The highest BCUT2D eigenvalue weighted by Crippen LogP contribution is 2.28. The predicted molar refractivity (Wildman–Crippen MR) is 57.9 cm³/mol. The third-order valence-corrected chi connectivity index (χ3v) is 3.68. The minimum atomic E-state index is -4.86. The molecule has 0 saturated carbocycles. The predicted octanol–water partition coefficient (Wildman–Crippen LogP) is 1.09. The Morgan fingerprint density at radius 2 is 1.65 bits per heavy atom. The van der Waals surface area contributed by atoms with Crippen molar-refractivity contribution in [3.8, 4) is 0 Å². The molecule has 0 bridgehead atoms. The fourth-order valence-corrected chi connectivity index (χ4v) is 2.91. The highest BCUT2D eigenvalue weighted by molar-refractivity contribution is 9.10. The smallest absolute Gasteiger partial charge is 0.338 e. The number of benzene rings is 1. The van der Waals surface area contributed by atoms with Crippen LogP contribution in [-0.2, 0) is 10.1 Å². The van der Waals surface area contributed by atoms with Gasteiger partial charge in [-0.3, -0.25) is 4.55 Å². The van der Waals surface area contributed by atoms with Crippen LogP contribution in [0, 0.1) is 0 Å². The summed E-state index contributed by atoms with van der Waals surface area (Å²) in [4.78, 5) is 20.7. The van der Waals surface area contributed by atoms with Crippen LogP contribution in [0.2, 0.25) is 0 Å². The van der Waals surface area contributed by atoms with Gasteiger partial charge >= 0.3 is 11.9 Å². The molecule has 9 heteroatoms. The zero-order valence-electron chi connectivity index (χ0n) is 7.92. The van der Waals surface area contributed by atoms with Crippen molar-refractivity contribution in [1.82, 2.24) is 0 Å². The van der Waals surface area contributed by atoms with E-state index in [1.807, 2.05) is 0 Å². The standard InChI is InChI=1S/C8H5BrO7S/c9-4-2-1-3(7(10)11)5(8(12)13)6(4)17(14,15)16/h1-2H,(H,10,11)(H,12,13)(H,14,15,16).